The van der Waals surface area contributed by atoms with Crippen LogP contribution in [0.2, 0.25) is 0 Å². The molecule has 0 bridgehead atoms. The molecule has 0 saturated heterocycles. The Morgan fingerprint density at radius 3 is 1.54 bits per heavy atom. The molecular formula is C35H23N3S. The SMILES string of the molecule is c1ccc(-c2cc(-c3ccc(-c4ccc5nc(-c6ccccc6)sc5c4)cc3)nc(-c3ccccc3)n2)cc1. The van der Waals surface area contributed by atoms with Gasteiger partial charge in [-0.2, -0.15) is 0 Å². The van der Waals surface area contributed by atoms with Gasteiger partial charge in [0.15, 0.2) is 5.82 Å². The summed E-state index contributed by atoms with van der Waals surface area (Å²) >= 11 is 1.73. The van der Waals surface area contributed by atoms with Crippen LogP contribution in [-0.2, 0) is 0 Å². The number of hydrogen-bond donors (Lipinski definition) is 0. The lowest BCUT2D eigenvalue weighted by molar-refractivity contribution is 1.18. The molecule has 2 aromatic heterocycles. The summed E-state index contributed by atoms with van der Waals surface area (Å²) in [5, 5.41) is 1.05. The number of thiazole rings is 1. The quantitative estimate of drug-likeness (QED) is 0.228. The van der Waals surface area contributed by atoms with E-state index in [0.717, 1.165) is 55.6 Å². The maximum atomic E-state index is 4.96. The Hall–Kier alpha value is -4.93. The van der Waals surface area contributed by atoms with Crippen molar-refractivity contribution in [3.63, 3.8) is 0 Å². The zero-order valence-electron chi connectivity index (χ0n) is 21.0. The van der Waals surface area contributed by atoms with Crippen molar-refractivity contribution in [1.82, 2.24) is 15.0 Å². The average molecular weight is 518 g/mol. The van der Waals surface area contributed by atoms with E-state index < -0.39 is 0 Å². The second-order valence-corrected chi connectivity index (χ2v) is 10.4. The van der Waals surface area contributed by atoms with E-state index in [0.29, 0.717) is 0 Å². The maximum Gasteiger partial charge on any atom is 0.160 e. The molecule has 0 aliphatic carbocycles. The summed E-state index contributed by atoms with van der Waals surface area (Å²) in [6.07, 6.45) is 0. The Balaban J connectivity index is 1.25. The summed E-state index contributed by atoms with van der Waals surface area (Å²) < 4.78 is 1.19. The van der Waals surface area contributed by atoms with Crippen molar-refractivity contribution in [3.05, 3.63) is 140 Å². The van der Waals surface area contributed by atoms with Crippen LogP contribution in [0.25, 0.3) is 65.8 Å². The van der Waals surface area contributed by atoms with E-state index in [1.165, 1.54) is 10.3 Å². The third-order valence-corrected chi connectivity index (χ3v) is 7.82. The van der Waals surface area contributed by atoms with E-state index in [1.54, 1.807) is 11.3 Å². The van der Waals surface area contributed by atoms with Crippen LogP contribution >= 0.6 is 11.3 Å². The molecule has 0 spiro atoms. The molecule has 39 heavy (non-hydrogen) atoms. The molecular weight excluding hydrogens is 494 g/mol. The molecule has 0 radical (unpaired) electrons. The van der Waals surface area contributed by atoms with E-state index in [2.05, 4.69) is 97.1 Å². The molecule has 7 aromatic rings. The minimum absolute atomic E-state index is 0.723. The highest BCUT2D eigenvalue weighted by molar-refractivity contribution is 7.21. The van der Waals surface area contributed by atoms with Crippen molar-refractivity contribution in [1.29, 1.82) is 0 Å². The van der Waals surface area contributed by atoms with Gasteiger partial charge in [0.25, 0.3) is 0 Å². The first-order valence-corrected chi connectivity index (χ1v) is 13.7. The number of hydrogen-bond acceptors (Lipinski definition) is 4. The van der Waals surface area contributed by atoms with Gasteiger partial charge in [-0.15, -0.1) is 11.3 Å². The van der Waals surface area contributed by atoms with E-state index in [-0.39, 0.29) is 0 Å². The van der Waals surface area contributed by atoms with Gasteiger partial charge in [-0.1, -0.05) is 121 Å². The molecule has 0 saturated carbocycles. The Labute approximate surface area is 231 Å². The minimum Gasteiger partial charge on any atom is -0.236 e. The average Bonchev–Trinajstić information content (AvgIpc) is 3.46. The first-order chi connectivity index (χ1) is 19.3. The summed E-state index contributed by atoms with van der Waals surface area (Å²) in [6, 6.07) is 48.0. The fourth-order valence-electron chi connectivity index (χ4n) is 4.71. The lowest BCUT2D eigenvalue weighted by Crippen LogP contribution is -1.95. The number of benzene rings is 5. The van der Waals surface area contributed by atoms with Crippen molar-refractivity contribution >= 4 is 21.6 Å². The molecule has 0 aliphatic rings. The molecule has 7 rings (SSSR count). The Morgan fingerprint density at radius 2 is 0.897 bits per heavy atom. The van der Waals surface area contributed by atoms with Gasteiger partial charge in [0, 0.05) is 22.3 Å². The Morgan fingerprint density at radius 1 is 0.385 bits per heavy atom. The summed E-state index contributed by atoms with van der Waals surface area (Å²) in [6.45, 7) is 0. The molecule has 0 atom stereocenters. The monoisotopic (exact) mass is 517 g/mol. The minimum atomic E-state index is 0.723. The van der Waals surface area contributed by atoms with E-state index in [9.17, 15) is 0 Å². The van der Waals surface area contributed by atoms with Gasteiger partial charge in [0.1, 0.15) is 5.01 Å². The molecule has 3 nitrogen and oxygen atoms in total. The zero-order chi connectivity index (χ0) is 26.0. The summed E-state index contributed by atoms with van der Waals surface area (Å²) in [4.78, 5) is 14.7. The molecule has 0 aliphatic heterocycles. The van der Waals surface area contributed by atoms with Crippen LogP contribution in [0, 0.1) is 0 Å². The van der Waals surface area contributed by atoms with Gasteiger partial charge in [-0.05, 0) is 29.3 Å². The van der Waals surface area contributed by atoms with Gasteiger partial charge < -0.3 is 0 Å². The second kappa shape index (κ2) is 10.1. The number of fused-ring (bicyclic) bond motifs is 1. The normalized spacial score (nSPS) is 11.1. The van der Waals surface area contributed by atoms with Crippen LogP contribution in [0.5, 0.6) is 0 Å². The molecule has 0 unspecified atom stereocenters. The lowest BCUT2D eigenvalue weighted by Gasteiger charge is -2.10. The fraction of sp³-hybridized carbons (Fsp3) is 0. The predicted molar refractivity (Wildman–Crippen MR) is 162 cm³/mol. The van der Waals surface area contributed by atoms with Gasteiger partial charge >= 0.3 is 0 Å². The first-order valence-electron chi connectivity index (χ1n) is 12.9. The van der Waals surface area contributed by atoms with Crippen LogP contribution in [0.15, 0.2) is 140 Å². The number of aromatic nitrogens is 3. The van der Waals surface area contributed by atoms with Crippen LogP contribution in [-0.4, -0.2) is 15.0 Å². The van der Waals surface area contributed by atoms with Crippen LogP contribution in [0.3, 0.4) is 0 Å². The van der Waals surface area contributed by atoms with E-state index >= 15 is 0 Å². The first kappa shape index (κ1) is 23.2. The topological polar surface area (TPSA) is 38.7 Å². The van der Waals surface area contributed by atoms with E-state index in [4.69, 9.17) is 15.0 Å². The molecule has 5 aromatic carbocycles. The maximum absolute atomic E-state index is 4.96. The van der Waals surface area contributed by atoms with Crippen LogP contribution in [0.1, 0.15) is 0 Å². The van der Waals surface area contributed by atoms with Gasteiger partial charge in [-0.3, -0.25) is 0 Å². The highest BCUT2D eigenvalue weighted by Crippen LogP contribution is 2.34. The highest BCUT2D eigenvalue weighted by Gasteiger charge is 2.12. The third kappa shape index (κ3) is 4.74. The van der Waals surface area contributed by atoms with Gasteiger partial charge in [0.2, 0.25) is 0 Å². The molecule has 184 valence electrons. The van der Waals surface area contributed by atoms with Crippen LogP contribution in [0.4, 0.5) is 0 Å². The fourth-order valence-corrected chi connectivity index (χ4v) is 5.72. The van der Waals surface area contributed by atoms with Crippen molar-refractivity contribution < 1.29 is 0 Å². The molecule has 2 heterocycles. The number of rotatable bonds is 5. The van der Waals surface area contributed by atoms with Crippen molar-refractivity contribution in [2.24, 2.45) is 0 Å². The zero-order valence-corrected chi connectivity index (χ0v) is 21.8. The van der Waals surface area contributed by atoms with Crippen molar-refractivity contribution in [2.45, 2.75) is 0 Å². The molecule has 0 N–H and O–H groups in total. The highest BCUT2D eigenvalue weighted by atomic mass is 32.1. The smallest absolute Gasteiger partial charge is 0.160 e. The number of nitrogens with zero attached hydrogens (tertiary/aromatic N) is 3. The lowest BCUT2D eigenvalue weighted by atomic mass is 10.0. The summed E-state index contributed by atoms with van der Waals surface area (Å²) in [7, 11) is 0. The molecule has 0 amide bonds. The van der Waals surface area contributed by atoms with Crippen molar-refractivity contribution in [2.75, 3.05) is 0 Å². The van der Waals surface area contributed by atoms with Crippen LogP contribution < -0.4 is 0 Å². The molecule has 0 fully saturated rings. The largest absolute Gasteiger partial charge is 0.236 e. The third-order valence-electron chi connectivity index (χ3n) is 6.75. The molecule has 4 heteroatoms. The summed E-state index contributed by atoms with van der Waals surface area (Å²) in [5.74, 6) is 0.723. The Bertz CT molecular complexity index is 1820. The predicted octanol–water partition coefficient (Wildman–Crippen LogP) is 9.42. The summed E-state index contributed by atoms with van der Waals surface area (Å²) in [5.41, 5.74) is 9.46. The Kier molecular flexibility index (Phi) is 6.00. The van der Waals surface area contributed by atoms with Gasteiger partial charge in [0.05, 0.1) is 21.6 Å². The standard InChI is InChI=1S/C35H23N3S/c1-4-10-25(11-5-1)31-23-32(37-34(36-31)27-12-6-2-7-13-27)26-18-16-24(17-19-26)29-20-21-30-33(22-29)39-35(38-30)28-14-8-3-9-15-28/h1-23H. The van der Waals surface area contributed by atoms with Crippen molar-refractivity contribution in [3.8, 4) is 55.6 Å². The van der Waals surface area contributed by atoms with E-state index in [1.807, 2.05) is 42.5 Å². The second-order valence-electron chi connectivity index (χ2n) is 9.34. The van der Waals surface area contributed by atoms with Gasteiger partial charge in [-0.25, -0.2) is 15.0 Å².